The molecule has 2 atom stereocenters. The number of unbranched alkanes of at least 4 members (excludes halogenated alkanes) is 1. The summed E-state index contributed by atoms with van der Waals surface area (Å²) in [5.41, 5.74) is 2.37. The molecule has 0 aliphatic carbocycles. The molecule has 0 spiro atoms. The second-order valence-corrected chi connectivity index (χ2v) is 8.67. The first kappa shape index (κ1) is 20.9. The van der Waals surface area contributed by atoms with Crippen molar-refractivity contribution >= 4 is 29.2 Å². The van der Waals surface area contributed by atoms with Crippen LogP contribution in [0.3, 0.4) is 0 Å². The van der Waals surface area contributed by atoms with Gasteiger partial charge in [-0.3, -0.25) is 9.52 Å². The molecule has 1 fully saturated rings. The summed E-state index contributed by atoms with van der Waals surface area (Å²) in [4.78, 5) is 14.0. The lowest BCUT2D eigenvalue weighted by atomic mass is 10.2. The Morgan fingerprint density at radius 2 is 1.85 bits per heavy atom. The standard InChI is InChI=1S/C20H33N3O2S/c1-15(2)26-22-20(24)7-5-6-12-21-18-8-10-19(11-9-18)23-13-16(3)25-17(4)14-23/h8-11,15-17,21H,5-7,12-14H2,1-4H3,(H,22,24)/t16-,17+. The van der Waals surface area contributed by atoms with Crippen LogP contribution in [0.2, 0.25) is 0 Å². The van der Waals surface area contributed by atoms with Crippen LogP contribution in [0.5, 0.6) is 0 Å². The van der Waals surface area contributed by atoms with E-state index in [2.05, 4.69) is 66.9 Å². The number of amides is 1. The van der Waals surface area contributed by atoms with Crippen molar-refractivity contribution in [3.05, 3.63) is 24.3 Å². The summed E-state index contributed by atoms with van der Waals surface area (Å²) in [5, 5.41) is 3.86. The van der Waals surface area contributed by atoms with Crippen molar-refractivity contribution in [1.29, 1.82) is 0 Å². The summed E-state index contributed by atoms with van der Waals surface area (Å²) < 4.78 is 8.68. The number of carbonyl (C=O) groups excluding carboxylic acids is 1. The number of hydrogen-bond acceptors (Lipinski definition) is 5. The molecule has 0 saturated carbocycles. The minimum absolute atomic E-state index is 0.127. The van der Waals surface area contributed by atoms with E-state index in [1.165, 1.54) is 17.6 Å². The van der Waals surface area contributed by atoms with E-state index in [-0.39, 0.29) is 18.1 Å². The number of morpholine rings is 1. The quantitative estimate of drug-likeness (QED) is 0.501. The number of ether oxygens (including phenoxy) is 1. The third-order valence-electron chi connectivity index (χ3n) is 4.22. The first-order chi connectivity index (χ1) is 12.4. The van der Waals surface area contributed by atoms with Crippen LogP contribution < -0.4 is 14.9 Å². The van der Waals surface area contributed by atoms with Gasteiger partial charge in [-0.1, -0.05) is 13.8 Å². The number of rotatable bonds is 9. The molecular formula is C20H33N3O2S. The highest BCUT2D eigenvalue weighted by molar-refractivity contribution is 7.98. The number of hydrogen-bond donors (Lipinski definition) is 2. The molecule has 1 amide bonds. The first-order valence-electron chi connectivity index (χ1n) is 9.63. The van der Waals surface area contributed by atoms with Crippen molar-refractivity contribution < 1.29 is 9.53 Å². The van der Waals surface area contributed by atoms with Crippen LogP contribution in [-0.2, 0) is 9.53 Å². The zero-order valence-electron chi connectivity index (χ0n) is 16.5. The van der Waals surface area contributed by atoms with Crippen LogP contribution in [0.1, 0.15) is 47.0 Å². The summed E-state index contributed by atoms with van der Waals surface area (Å²) in [5.74, 6) is 0.127. The second kappa shape index (κ2) is 10.7. The van der Waals surface area contributed by atoms with Crippen molar-refractivity contribution in [2.45, 2.75) is 64.4 Å². The Labute approximate surface area is 162 Å². The van der Waals surface area contributed by atoms with Gasteiger partial charge in [0.1, 0.15) is 0 Å². The van der Waals surface area contributed by atoms with E-state index < -0.39 is 0 Å². The van der Waals surface area contributed by atoms with Gasteiger partial charge in [0.2, 0.25) is 5.91 Å². The van der Waals surface area contributed by atoms with Gasteiger partial charge in [0.25, 0.3) is 0 Å². The molecule has 0 bridgehead atoms. The van der Waals surface area contributed by atoms with E-state index in [4.69, 9.17) is 4.74 Å². The Bertz CT molecular complexity index is 540. The zero-order chi connectivity index (χ0) is 18.9. The number of benzene rings is 1. The molecular weight excluding hydrogens is 346 g/mol. The summed E-state index contributed by atoms with van der Waals surface area (Å²) in [7, 11) is 0. The topological polar surface area (TPSA) is 53.6 Å². The third-order valence-corrected chi connectivity index (χ3v) is 5.04. The molecule has 5 nitrogen and oxygen atoms in total. The summed E-state index contributed by atoms with van der Waals surface area (Å²) in [6.45, 7) is 11.2. The predicted molar refractivity (Wildman–Crippen MR) is 112 cm³/mol. The maximum absolute atomic E-state index is 11.6. The molecule has 26 heavy (non-hydrogen) atoms. The number of nitrogens with zero attached hydrogens (tertiary/aromatic N) is 1. The van der Waals surface area contributed by atoms with Crippen molar-refractivity contribution in [3.63, 3.8) is 0 Å². The van der Waals surface area contributed by atoms with E-state index in [0.717, 1.165) is 38.2 Å². The Kier molecular flexibility index (Phi) is 8.59. The fourth-order valence-electron chi connectivity index (χ4n) is 3.06. The van der Waals surface area contributed by atoms with Gasteiger partial charge in [-0.2, -0.15) is 0 Å². The van der Waals surface area contributed by atoms with Crippen molar-refractivity contribution in [2.24, 2.45) is 0 Å². The predicted octanol–water partition coefficient (Wildman–Crippen LogP) is 4.06. The lowest BCUT2D eigenvalue weighted by Crippen LogP contribution is -2.45. The molecule has 0 radical (unpaired) electrons. The second-order valence-electron chi connectivity index (χ2n) is 7.28. The van der Waals surface area contributed by atoms with Gasteiger partial charge in [-0.05, 0) is 62.9 Å². The largest absolute Gasteiger partial charge is 0.385 e. The Hall–Kier alpha value is -1.40. The van der Waals surface area contributed by atoms with E-state index in [0.29, 0.717) is 11.7 Å². The summed E-state index contributed by atoms with van der Waals surface area (Å²) in [6, 6.07) is 8.60. The molecule has 1 aromatic carbocycles. The van der Waals surface area contributed by atoms with Crippen LogP contribution in [-0.4, -0.2) is 43.0 Å². The molecule has 0 aromatic heterocycles. The van der Waals surface area contributed by atoms with Gasteiger partial charge >= 0.3 is 0 Å². The highest BCUT2D eigenvalue weighted by atomic mass is 32.2. The normalized spacial score (nSPS) is 20.3. The van der Waals surface area contributed by atoms with Gasteiger partial charge in [-0.25, -0.2) is 0 Å². The minimum atomic E-state index is 0.127. The molecule has 1 saturated heterocycles. The third kappa shape index (κ3) is 7.46. The molecule has 2 N–H and O–H groups in total. The highest BCUT2D eigenvalue weighted by Gasteiger charge is 2.22. The fourth-order valence-corrected chi connectivity index (χ4v) is 3.53. The van der Waals surface area contributed by atoms with E-state index in [9.17, 15) is 4.79 Å². The van der Waals surface area contributed by atoms with Crippen LogP contribution in [0.4, 0.5) is 11.4 Å². The van der Waals surface area contributed by atoms with Gasteiger partial charge in [0, 0.05) is 42.7 Å². The smallest absolute Gasteiger partial charge is 0.229 e. The maximum atomic E-state index is 11.6. The zero-order valence-corrected chi connectivity index (χ0v) is 17.3. The van der Waals surface area contributed by atoms with E-state index in [1.807, 2.05) is 0 Å². The summed E-state index contributed by atoms with van der Waals surface area (Å²) in [6.07, 6.45) is 3.02. The Balaban J connectivity index is 1.65. The lowest BCUT2D eigenvalue weighted by Gasteiger charge is -2.36. The fraction of sp³-hybridized carbons (Fsp3) is 0.650. The summed E-state index contributed by atoms with van der Waals surface area (Å²) >= 11 is 1.49. The van der Waals surface area contributed by atoms with Gasteiger partial charge in [0.05, 0.1) is 12.2 Å². The average Bonchev–Trinajstić information content (AvgIpc) is 2.59. The van der Waals surface area contributed by atoms with E-state index >= 15 is 0 Å². The van der Waals surface area contributed by atoms with Gasteiger partial charge in [0.15, 0.2) is 0 Å². The maximum Gasteiger partial charge on any atom is 0.229 e. The molecule has 6 heteroatoms. The van der Waals surface area contributed by atoms with Crippen LogP contribution in [0.25, 0.3) is 0 Å². The number of anilines is 2. The Morgan fingerprint density at radius 1 is 1.19 bits per heavy atom. The molecule has 1 aliphatic heterocycles. The van der Waals surface area contributed by atoms with E-state index in [1.54, 1.807) is 0 Å². The van der Waals surface area contributed by atoms with Gasteiger partial charge in [-0.15, -0.1) is 0 Å². The van der Waals surface area contributed by atoms with Crippen LogP contribution in [0.15, 0.2) is 24.3 Å². The average molecular weight is 380 g/mol. The van der Waals surface area contributed by atoms with Crippen LogP contribution in [0, 0.1) is 0 Å². The van der Waals surface area contributed by atoms with Crippen molar-refractivity contribution in [1.82, 2.24) is 4.72 Å². The molecule has 1 aromatic rings. The molecule has 2 rings (SSSR count). The number of carbonyl (C=O) groups is 1. The number of nitrogens with one attached hydrogen (secondary N) is 2. The van der Waals surface area contributed by atoms with Crippen molar-refractivity contribution in [2.75, 3.05) is 29.9 Å². The Morgan fingerprint density at radius 3 is 2.46 bits per heavy atom. The minimum Gasteiger partial charge on any atom is -0.385 e. The molecule has 1 aliphatic rings. The SMILES string of the molecule is CC(C)SNC(=O)CCCCNc1ccc(N2C[C@@H](C)O[C@@H](C)C2)cc1. The first-order valence-corrected chi connectivity index (χ1v) is 10.5. The molecule has 146 valence electrons. The monoisotopic (exact) mass is 379 g/mol. The lowest BCUT2D eigenvalue weighted by molar-refractivity contribution is -0.119. The molecule has 1 heterocycles. The van der Waals surface area contributed by atoms with Crippen LogP contribution >= 0.6 is 11.9 Å². The highest BCUT2D eigenvalue weighted by Crippen LogP contribution is 2.22. The van der Waals surface area contributed by atoms with Gasteiger partial charge < -0.3 is 15.0 Å². The van der Waals surface area contributed by atoms with Crippen molar-refractivity contribution in [3.8, 4) is 0 Å². The molecule has 0 unspecified atom stereocenters.